The van der Waals surface area contributed by atoms with Gasteiger partial charge in [-0.1, -0.05) is 29.8 Å². The molecule has 26 heavy (non-hydrogen) atoms. The van der Waals surface area contributed by atoms with E-state index < -0.39 is 21.3 Å². The summed E-state index contributed by atoms with van der Waals surface area (Å²) in [6.07, 6.45) is 4.27. The second-order valence-electron chi connectivity index (χ2n) is 7.49. The molecule has 0 N–H and O–H groups in total. The minimum absolute atomic E-state index is 0.0196. The van der Waals surface area contributed by atoms with Crippen LogP contribution in [0.2, 0.25) is 0 Å². The topological polar surface area (TPSA) is 78.9 Å². The van der Waals surface area contributed by atoms with Crippen LogP contribution in [0.25, 0.3) is 0 Å². The van der Waals surface area contributed by atoms with Crippen molar-refractivity contribution in [3.8, 4) is 0 Å². The van der Waals surface area contributed by atoms with E-state index in [-0.39, 0.29) is 29.1 Å². The SMILES string of the molecule is Cc1ccc(S(=O)(=O)OC[C@@]2(C)C(=O)[C@H]3C=C[C@H]2C2(C3)OCCO2)cc1. The normalized spacial score (nSPS) is 32.5. The number of aryl methyl sites for hydroxylation is 1. The van der Waals surface area contributed by atoms with E-state index in [1.165, 1.54) is 12.1 Å². The lowest BCUT2D eigenvalue weighted by Gasteiger charge is -2.52. The number of rotatable bonds is 4. The molecule has 4 aliphatic rings. The summed E-state index contributed by atoms with van der Waals surface area (Å²) in [5.41, 5.74) is -0.0574. The maximum atomic E-state index is 12.9. The van der Waals surface area contributed by atoms with E-state index in [0.29, 0.717) is 19.6 Å². The average Bonchev–Trinajstić information content (AvgIpc) is 3.06. The van der Waals surface area contributed by atoms with Gasteiger partial charge in [-0.3, -0.25) is 8.98 Å². The number of benzene rings is 1. The molecule has 140 valence electrons. The number of Topliss-reactive ketones (excluding diaryl/α,β-unsaturated/α-hetero) is 1. The summed E-state index contributed by atoms with van der Waals surface area (Å²) >= 11 is 0. The first-order chi connectivity index (χ1) is 12.3. The van der Waals surface area contributed by atoms with Gasteiger partial charge < -0.3 is 9.47 Å². The maximum Gasteiger partial charge on any atom is 0.297 e. The van der Waals surface area contributed by atoms with Crippen LogP contribution in [-0.4, -0.2) is 39.8 Å². The Kier molecular flexibility index (Phi) is 4.11. The van der Waals surface area contributed by atoms with Crippen LogP contribution >= 0.6 is 0 Å². The first-order valence-corrected chi connectivity index (χ1v) is 10.1. The Bertz CT molecular complexity index is 851. The lowest BCUT2D eigenvalue weighted by atomic mass is 9.57. The van der Waals surface area contributed by atoms with Crippen molar-refractivity contribution in [1.29, 1.82) is 0 Å². The van der Waals surface area contributed by atoms with Crippen LogP contribution in [0.15, 0.2) is 41.3 Å². The molecule has 6 nitrogen and oxygen atoms in total. The zero-order valence-electron chi connectivity index (χ0n) is 14.8. The van der Waals surface area contributed by atoms with Gasteiger partial charge in [0.2, 0.25) is 0 Å². The Labute approximate surface area is 153 Å². The lowest BCUT2D eigenvalue weighted by Crippen LogP contribution is -2.61. The zero-order chi connectivity index (χ0) is 18.6. The smallest absolute Gasteiger partial charge is 0.297 e. The average molecular weight is 378 g/mol. The second-order valence-corrected chi connectivity index (χ2v) is 9.11. The number of fused-ring (bicyclic) bond motifs is 1. The van der Waals surface area contributed by atoms with Gasteiger partial charge in [-0.2, -0.15) is 8.42 Å². The van der Waals surface area contributed by atoms with Crippen molar-refractivity contribution in [3.63, 3.8) is 0 Å². The Balaban J connectivity index is 1.59. The van der Waals surface area contributed by atoms with E-state index >= 15 is 0 Å². The molecule has 1 heterocycles. The predicted molar refractivity (Wildman–Crippen MR) is 92.8 cm³/mol. The Morgan fingerprint density at radius 2 is 1.81 bits per heavy atom. The van der Waals surface area contributed by atoms with Crippen molar-refractivity contribution in [2.24, 2.45) is 17.3 Å². The molecule has 1 saturated heterocycles. The third kappa shape index (κ3) is 2.65. The fourth-order valence-corrected chi connectivity index (χ4v) is 5.26. The number of ether oxygens (including phenoxy) is 2. The number of carbonyl (C=O) groups is 1. The van der Waals surface area contributed by atoms with Gasteiger partial charge in [0.25, 0.3) is 10.1 Å². The van der Waals surface area contributed by atoms with Gasteiger partial charge in [-0.15, -0.1) is 0 Å². The van der Waals surface area contributed by atoms with Crippen LogP contribution in [0.3, 0.4) is 0 Å². The molecule has 1 spiro atoms. The third-order valence-corrected chi connectivity index (χ3v) is 6.98. The Morgan fingerprint density at radius 1 is 1.15 bits per heavy atom. The Hall–Kier alpha value is -1.54. The molecule has 7 heteroatoms. The third-order valence-electron chi connectivity index (χ3n) is 5.70. The van der Waals surface area contributed by atoms with E-state index in [1.54, 1.807) is 19.1 Å². The molecule has 2 bridgehead atoms. The zero-order valence-corrected chi connectivity index (χ0v) is 15.6. The largest absolute Gasteiger partial charge is 0.347 e. The first-order valence-electron chi connectivity index (χ1n) is 8.74. The number of ketones is 1. The highest BCUT2D eigenvalue weighted by Gasteiger charge is 2.63. The fraction of sp³-hybridized carbons (Fsp3) is 0.526. The van der Waals surface area contributed by atoms with Crippen molar-refractivity contribution in [2.45, 2.75) is 31.0 Å². The van der Waals surface area contributed by atoms with Crippen LogP contribution < -0.4 is 0 Å². The van der Waals surface area contributed by atoms with Crippen molar-refractivity contribution in [2.75, 3.05) is 19.8 Å². The summed E-state index contributed by atoms with van der Waals surface area (Å²) in [5.74, 6) is -1.58. The fourth-order valence-electron chi connectivity index (χ4n) is 4.25. The molecule has 2 fully saturated rings. The van der Waals surface area contributed by atoms with Gasteiger partial charge in [-0.25, -0.2) is 0 Å². The van der Waals surface area contributed by atoms with Gasteiger partial charge in [0, 0.05) is 18.3 Å². The quantitative estimate of drug-likeness (QED) is 0.590. The van der Waals surface area contributed by atoms with E-state index in [0.717, 1.165) is 5.56 Å². The second kappa shape index (κ2) is 5.99. The van der Waals surface area contributed by atoms with E-state index in [2.05, 4.69) is 0 Å². The lowest BCUT2D eigenvalue weighted by molar-refractivity contribution is -0.237. The van der Waals surface area contributed by atoms with Crippen molar-refractivity contribution >= 4 is 15.9 Å². The van der Waals surface area contributed by atoms with Gasteiger partial charge in [0.1, 0.15) is 5.78 Å². The molecule has 0 radical (unpaired) electrons. The minimum Gasteiger partial charge on any atom is -0.347 e. The summed E-state index contributed by atoms with van der Waals surface area (Å²) in [6, 6.07) is 6.44. The van der Waals surface area contributed by atoms with Crippen molar-refractivity contribution < 1.29 is 26.9 Å². The predicted octanol–water partition coefficient (Wildman–Crippen LogP) is 2.22. The summed E-state index contributed by atoms with van der Waals surface area (Å²) < 4.78 is 42.1. The highest BCUT2D eigenvalue weighted by molar-refractivity contribution is 7.86. The minimum atomic E-state index is -3.95. The summed E-state index contributed by atoms with van der Waals surface area (Å²) in [7, 11) is -3.95. The molecule has 1 aromatic rings. The van der Waals surface area contributed by atoms with Gasteiger partial charge in [0.05, 0.1) is 30.1 Å². The molecule has 5 rings (SSSR count). The van der Waals surface area contributed by atoms with Gasteiger partial charge >= 0.3 is 0 Å². The Morgan fingerprint density at radius 3 is 2.46 bits per heavy atom. The molecule has 0 unspecified atom stereocenters. The van der Waals surface area contributed by atoms with E-state index in [1.807, 2.05) is 19.1 Å². The van der Waals surface area contributed by atoms with Crippen LogP contribution in [0.5, 0.6) is 0 Å². The summed E-state index contributed by atoms with van der Waals surface area (Å²) in [5, 5.41) is 0. The molecule has 3 aliphatic carbocycles. The highest BCUT2D eigenvalue weighted by atomic mass is 32.2. The van der Waals surface area contributed by atoms with Gasteiger partial charge in [0.15, 0.2) is 5.79 Å². The molecular formula is C19H22O6S. The number of hydrogen-bond acceptors (Lipinski definition) is 6. The van der Waals surface area contributed by atoms with Crippen molar-refractivity contribution in [3.05, 3.63) is 42.0 Å². The molecular weight excluding hydrogens is 356 g/mol. The molecule has 3 atom stereocenters. The molecule has 0 amide bonds. The summed E-state index contributed by atoms with van der Waals surface area (Å²) in [6.45, 7) is 4.34. The monoisotopic (exact) mass is 378 g/mol. The van der Waals surface area contributed by atoms with Crippen LogP contribution in [-0.2, 0) is 28.6 Å². The van der Waals surface area contributed by atoms with Crippen LogP contribution in [0.1, 0.15) is 18.9 Å². The highest BCUT2D eigenvalue weighted by Crippen LogP contribution is 2.54. The van der Waals surface area contributed by atoms with Crippen LogP contribution in [0, 0.1) is 24.2 Å². The standard InChI is InChI=1S/C19H22O6S/c1-13-3-6-15(7-4-13)26(21,22)25-12-18(2)16-8-5-14(17(18)20)11-19(16)23-9-10-24-19/h3-8,14,16H,9-12H2,1-2H3/t14-,16+,18+/m0/s1. The molecule has 1 saturated carbocycles. The number of carbonyl (C=O) groups excluding carboxylic acids is 1. The van der Waals surface area contributed by atoms with Crippen molar-refractivity contribution in [1.82, 2.24) is 0 Å². The molecule has 1 aromatic carbocycles. The van der Waals surface area contributed by atoms with E-state index in [9.17, 15) is 13.2 Å². The van der Waals surface area contributed by atoms with Crippen LogP contribution in [0.4, 0.5) is 0 Å². The van der Waals surface area contributed by atoms with E-state index in [4.69, 9.17) is 13.7 Å². The van der Waals surface area contributed by atoms with Gasteiger partial charge in [-0.05, 0) is 26.0 Å². The molecule has 0 aromatic heterocycles. The number of hydrogen-bond donors (Lipinski definition) is 0. The first kappa shape index (κ1) is 17.9. The maximum absolute atomic E-state index is 12.9. The molecule has 1 aliphatic heterocycles. The number of allylic oxidation sites excluding steroid dienone is 1. The summed E-state index contributed by atoms with van der Waals surface area (Å²) in [4.78, 5) is 13.0.